The van der Waals surface area contributed by atoms with Crippen LogP contribution in [0.4, 0.5) is 0 Å². The fraction of sp³-hybridized carbons (Fsp3) is 0.0588. The molecule has 17 heavy (non-hydrogen) atoms. The monoisotopic (exact) mass is 220 g/mol. The van der Waals surface area contributed by atoms with Gasteiger partial charge < -0.3 is 0 Å². The van der Waals surface area contributed by atoms with Gasteiger partial charge in [-0.05, 0) is 34.9 Å². The highest BCUT2D eigenvalue weighted by Crippen LogP contribution is 2.22. The van der Waals surface area contributed by atoms with Crippen LogP contribution in [0.2, 0.25) is 0 Å². The van der Waals surface area contributed by atoms with Crippen LogP contribution in [0.5, 0.6) is 0 Å². The third-order valence-electron chi connectivity index (χ3n) is 2.85. The minimum Gasteiger partial charge on any atom is -0.0990 e. The highest BCUT2D eigenvalue weighted by atomic mass is 14.0. The summed E-state index contributed by atoms with van der Waals surface area (Å²) in [4.78, 5) is 0. The van der Waals surface area contributed by atoms with Gasteiger partial charge in [0.15, 0.2) is 0 Å². The van der Waals surface area contributed by atoms with Crippen LogP contribution < -0.4 is 0 Å². The molecule has 0 aliphatic carbocycles. The summed E-state index contributed by atoms with van der Waals surface area (Å²) in [5.41, 5.74) is 3.56. The molecule has 0 nitrogen and oxygen atoms in total. The predicted molar refractivity (Wildman–Crippen MR) is 77.1 cm³/mol. The van der Waals surface area contributed by atoms with Gasteiger partial charge >= 0.3 is 0 Å². The van der Waals surface area contributed by atoms with Crippen molar-refractivity contribution in [2.45, 2.75) is 6.92 Å². The topological polar surface area (TPSA) is 0 Å². The normalized spacial score (nSPS) is 11.5. The molecule has 0 radical (unpaired) electrons. The molecule has 0 heterocycles. The molecule has 0 fully saturated rings. The molecule has 0 atom stereocenters. The second kappa shape index (κ2) is 4.84. The smallest absolute Gasteiger partial charge is 0.0178 e. The SMILES string of the molecule is C=C/C=C(\C=C)c1ccc2cc(C)ccc2c1. The first-order valence-electron chi connectivity index (χ1n) is 5.70. The molecule has 84 valence electrons. The van der Waals surface area contributed by atoms with Crippen LogP contribution in [-0.2, 0) is 0 Å². The lowest BCUT2D eigenvalue weighted by Crippen LogP contribution is -1.82. The van der Waals surface area contributed by atoms with Crippen LogP contribution in [0.15, 0.2) is 67.8 Å². The lowest BCUT2D eigenvalue weighted by atomic mass is 10.00. The van der Waals surface area contributed by atoms with Crippen LogP contribution in [-0.4, -0.2) is 0 Å². The van der Waals surface area contributed by atoms with Gasteiger partial charge in [-0.2, -0.15) is 0 Å². The van der Waals surface area contributed by atoms with Crippen LogP contribution >= 0.6 is 0 Å². The summed E-state index contributed by atoms with van der Waals surface area (Å²) in [5.74, 6) is 0. The van der Waals surface area contributed by atoms with Crippen molar-refractivity contribution in [3.63, 3.8) is 0 Å². The number of aryl methyl sites for hydroxylation is 1. The average molecular weight is 220 g/mol. The number of allylic oxidation sites excluding steroid dienone is 4. The second-order valence-corrected chi connectivity index (χ2v) is 4.13. The van der Waals surface area contributed by atoms with E-state index in [1.165, 1.54) is 21.9 Å². The summed E-state index contributed by atoms with van der Waals surface area (Å²) in [6.07, 6.45) is 5.62. The molecule has 0 bridgehead atoms. The molecule has 0 spiro atoms. The Morgan fingerprint density at radius 2 is 1.71 bits per heavy atom. The summed E-state index contributed by atoms with van der Waals surface area (Å²) in [6.45, 7) is 9.67. The van der Waals surface area contributed by atoms with E-state index in [4.69, 9.17) is 0 Å². The first kappa shape index (κ1) is 11.4. The quantitative estimate of drug-likeness (QED) is 0.645. The molecule has 0 aromatic heterocycles. The van der Waals surface area contributed by atoms with Gasteiger partial charge in [0.2, 0.25) is 0 Å². The molecule has 0 aliphatic rings. The standard InChI is InChI=1S/C17H16/c1-4-6-14(5-2)16-10-9-15-11-13(3)7-8-17(15)12-16/h4-12H,1-2H2,3H3/b14-6+. The third kappa shape index (κ3) is 2.36. The number of hydrogen-bond acceptors (Lipinski definition) is 0. The van der Waals surface area contributed by atoms with Crippen LogP contribution in [0, 0.1) is 6.92 Å². The largest absolute Gasteiger partial charge is 0.0990 e. The highest BCUT2D eigenvalue weighted by molar-refractivity contribution is 5.88. The predicted octanol–water partition coefficient (Wildman–Crippen LogP) is 4.90. The molecule has 2 aromatic carbocycles. The Morgan fingerprint density at radius 1 is 1.00 bits per heavy atom. The van der Waals surface area contributed by atoms with Gasteiger partial charge in [0.05, 0.1) is 0 Å². The van der Waals surface area contributed by atoms with Gasteiger partial charge in [0, 0.05) is 0 Å². The van der Waals surface area contributed by atoms with Crippen LogP contribution in [0.25, 0.3) is 16.3 Å². The fourth-order valence-electron chi connectivity index (χ4n) is 1.95. The zero-order valence-corrected chi connectivity index (χ0v) is 10.1. The molecule has 0 saturated heterocycles. The highest BCUT2D eigenvalue weighted by Gasteiger charge is 1.99. The Bertz CT molecular complexity index is 600. The van der Waals surface area contributed by atoms with Crippen molar-refractivity contribution in [1.29, 1.82) is 0 Å². The van der Waals surface area contributed by atoms with Crippen molar-refractivity contribution in [3.05, 3.63) is 78.9 Å². The van der Waals surface area contributed by atoms with Crippen molar-refractivity contribution >= 4 is 16.3 Å². The second-order valence-electron chi connectivity index (χ2n) is 4.13. The fourth-order valence-corrected chi connectivity index (χ4v) is 1.95. The molecule has 0 N–H and O–H groups in total. The lowest BCUT2D eigenvalue weighted by Gasteiger charge is -2.05. The van der Waals surface area contributed by atoms with Gasteiger partial charge in [-0.25, -0.2) is 0 Å². The molecule has 0 unspecified atom stereocenters. The van der Waals surface area contributed by atoms with Crippen LogP contribution in [0.3, 0.4) is 0 Å². The molecular formula is C17H16. The first-order valence-corrected chi connectivity index (χ1v) is 5.70. The maximum absolute atomic E-state index is 3.83. The Balaban J connectivity index is 2.58. The summed E-state index contributed by atoms with van der Waals surface area (Å²) < 4.78 is 0. The first-order chi connectivity index (χ1) is 8.24. The van der Waals surface area contributed by atoms with E-state index in [9.17, 15) is 0 Å². The maximum Gasteiger partial charge on any atom is -0.0178 e. The summed E-state index contributed by atoms with van der Waals surface area (Å²) >= 11 is 0. The molecule has 0 amide bonds. The van der Waals surface area contributed by atoms with Crippen LogP contribution in [0.1, 0.15) is 11.1 Å². The van der Waals surface area contributed by atoms with Crippen molar-refractivity contribution in [2.24, 2.45) is 0 Å². The van der Waals surface area contributed by atoms with E-state index >= 15 is 0 Å². The molecule has 0 saturated carbocycles. The minimum absolute atomic E-state index is 1.10. The van der Waals surface area contributed by atoms with E-state index in [1.54, 1.807) is 6.08 Å². The van der Waals surface area contributed by atoms with Gasteiger partial charge in [0.1, 0.15) is 0 Å². The number of hydrogen-bond donors (Lipinski definition) is 0. The zero-order valence-electron chi connectivity index (χ0n) is 10.1. The van der Waals surface area contributed by atoms with Crippen molar-refractivity contribution in [3.8, 4) is 0 Å². The Hall–Kier alpha value is -2.08. The van der Waals surface area contributed by atoms with Gasteiger partial charge in [-0.3, -0.25) is 0 Å². The zero-order chi connectivity index (χ0) is 12.3. The summed E-state index contributed by atoms with van der Waals surface area (Å²) in [6, 6.07) is 13.0. The molecule has 0 aliphatic heterocycles. The van der Waals surface area contributed by atoms with E-state index in [2.05, 4.69) is 56.5 Å². The van der Waals surface area contributed by atoms with E-state index in [0.29, 0.717) is 0 Å². The maximum atomic E-state index is 3.83. The van der Waals surface area contributed by atoms with E-state index in [0.717, 1.165) is 5.57 Å². The lowest BCUT2D eigenvalue weighted by molar-refractivity contribution is 1.50. The van der Waals surface area contributed by atoms with Gasteiger partial charge in [-0.1, -0.05) is 67.3 Å². The Morgan fingerprint density at radius 3 is 2.41 bits per heavy atom. The molecule has 0 heteroatoms. The summed E-state index contributed by atoms with van der Waals surface area (Å²) in [7, 11) is 0. The van der Waals surface area contributed by atoms with Gasteiger partial charge in [0.25, 0.3) is 0 Å². The average Bonchev–Trinajstić information content (AvgIpc) is 2.35. The summed E-state index contributed by atoms with van der Waals surface area (Å²) in [5, 5.41) is 2.53. The molecular weight excluding hydrogens is 204 g/mol. The van der Waals surface area contributed by atoms with Crippen molar-refractivity contribution in [1.82, 2.24) is 0 Å². The molecule has 2 aromatic rings. The number of fused-ring (bicyclic) bond motifs is 1. The number of rotatable bonds is 3. The third-order valence-corrected chi connectivity index (χ3v) is 2.85. The van der Waals surface area contributed by atoms with E-state index < -0.39 is 0 Å². The molecule has 2 rings (SSSR count). The van der Waals surface area contributed by atoms with Crippen molar-refractivity contribution in [2.75, 3.05) is 0 Å². The van der Waals surface area contributed by atoms with Gasteiger partial charge in [-0.15, -0.1) is 0 Å². The van der Waals surface area contributed by atoms with E-state index in [-0.39, 0.29) is 0 Å². The Labute approximate surface area is 103 Å². The Kier molecular flexibility index (Phi) is 3.24. The number of benzene rings is 2. The van der Waals surface area contributed by atoms with Crippen molar-refractivity contribution < 1.29 is 0 Å². The van der Waals surface area contributed by atoms with E-state index in [1.807, 2.05) is 12.2 Å². The minimum atomic E-state index is 1.10.